The molecule has 0 saturated carbocycles. The molecule has 2 N–H and O–H groups in total. The Hall–Kier alpha value is -0.770. The molecule has 1 heterocycles. The third kappa shape index (κ3) is 1.85. The summed E-state index contributed by atoms with van der Waals surface area (Å²) in [6.07, 6.45) is 0. The average Bonchev–Trinajstić information content (AvgIpc) is 2.56. The van der Waals surface area contributed by atoms with Crippen LogP contribution in [0.1, 0.15) is 0 Å². The van der Waals surface area contributed by atoms with Gasteiger partial charge in [0.2, 0.25) is 0 Å². The van der Waals surface area contributed by atoms with E-state index >= 15 is 0 Å². The number of benzene rings is 1. The summed E-state index contributed by atoms with van der Waals surface area (Å²) < 4.78 is 0. The van der Waals surface area contributed by atoms with E-state index in [1.165, 1.54) is 11.3 Å². The lowest BCUT2D eigenvalue weighted by molar-refractivity contribution is 1.41. The van der Waals surface area contributed by atoms with Crippen LogP contribution in [-0.2, 0) is 0 Å². The van der Waals surface area contributed by atoms with Crippen molar-refractivity contribution in [3.05, 3.63) is 33.6 Å². The predicted molar refractivity (Wildman–Crippen MR) is 62.0 cm³/mol. The molecule has 5 heteroatoms. The molecule has 0 saturated heterocycles. The molecule has 0 aliphatic heterocycles. The van der Waals surface area contributed by atoms with Gasteiger partial charge < -0.3 is 5.73 Å². The van der Waals surface area contributed by atoms with Gasteiger partial charge in [-0.1, -0.05) is 23.2 Å². The van der Waals surface area contributed by atoms with Crippen LogP contribution in [0.15, 0.2) is 23.6 Å². The SMILES string of the molecule is Nc1nc(-c2cc(Cl)ccc2Cl)cs1. The van der Waals surface area contributed by atoms with E-state index in [9.17, 15) is 0 Å². The van der Waals surface area contributed by atoms with Crippen LogP contribution in [0.2, 0.25) is 10.0 Å². The summed E-state index contributed by atoms with van der Waals surface area (Å²) in [6, 6.07) is 5.26. The molecule has 0 spiro atoms. The molecule has 1 aromatic heterocycles. The molecule has 0 atom stereocenters. The zero-order chi connectivity index (χ0) is 10.1. The van der Waals surface area contributed by atoms with Gasteiger partial charge in [0.25, 0.3) is 0 Å². The zero-order valence-electron chi connectivity index (χ0n) is 7.00. The second-order valence-corrected chi connectivity index (χ2v) is 4.43. The Morgan fingerprint density at radius 2 is 2.07 bits per heavy atom. The first kappa shape index (κ1) is 9.77. The van der Waals surface area contributed by atoms with E-state index in [1.54, 1.807) is 18.2 Å². The van der Waals surface area contributed by atoms with Gasteiger partial charge in [0.05, 0.1) is 10.7 Å². The van der Waals surface area contributed by atoms with E-state index in [2.05, 4.69) is 4.98 Å². The van der Waals surface area contributed by atoms with Gasteiger partial charge in [-0.15, -0.1) is 11.3 Å². The number of rotatable bonds is 1. The van der Waals surface area contributed by atoms with Gasteiger partial charge in [0.1, 0.15) is 0 Å². The molecule has 0 aliphatic carbocycles. The molecule has 1 aromatic carbocycles. The van der Waals surface area contributed by atoms with Crippen LogP contribution in [0, 0.1) is 0 Å². The van der Waals surface area contributed by atoms with Gasteiger partial charge in [-0.25, -0.2) is 4.98 Å². The molecular weight excluding hydrogens is 239 g/mol. The fourth-order valence-electron chi connectivity index (χ4n) is 1.11. The third-order valence-corrected chi connectivity index (χ3v) is 2.96. The van der Waals surface area contributed by atoms with E-state index < -0.39 is 0 Å². The predicted octanol–water partition coefficient (Wildman–Crippen LogP) is 3.70. The highest BCUT2D eigenvalue weighted by Gasteiger charge is 2.07. The van der Waals surface area contributed by atoms with Crippen molar-refractivity contribution < 1.29 is 0 Å². The quantitative estimate of drug-likeness (QED) is 0.831. The van der Waals surface area contributed by atoms with Crippen LogP contribution >= 0.6 is 34.5 Å². The summed E-state index contributed by atoms with van der Waals surface area (Å²) >= 11 is 13.2. The Morgan fingerprint density at radius 3 is 2.71 bits per heavy atom. The number of nitrogen functional groups attached to an aromatic ring is 1. The first-order valence-corrected chi connectivity index (χ1v) is 5.47. The van der Waals surface area contributed by atoms with Gasteiger partial charge in [-0.2, -0.15) is 0 Å². The molecule has 72 valence electrons. The van der Waals surface area contributed by atoms with Crippen molar-refractivity contribution in [1.29, 1.82) is 0 Å². The minimum Gasteiger partial charge on any atom is -0.375 e. The van der Waals surface area contributed by atoms with E-state index in [-0.39, 0.29) is 0 Å². The highest BCUT2D eigenvalue weighted by atomic mass is 35.5. The van der Waals surface area contributed by atoms with E-state index in [0.29, 0.717) is 15.2 Å². The average molecular weight is 245 g/mol. The topological polar surface area (TPSA) is 38.9 Å². The van der Waals surface area contributed by atoms with E-state index in [1.807, 2.05) is 5.38 Å². The van der Waals surface area contributed by atoms with Crippen molar-refractivity contribution in [2.24, 2.45) is 0 Å². The summed E-state index contributed by atoms with van der Waals surface area (Å²) in [5.41, 5.74) is 7.11. The number of anilines is 1. The summed E-state index contributed by atoms with van der Waals surface area (Å²) in [7, 11) is 0. The van der Waals surface area contributed by atoms with Crippen molar-refractivity contribution in [1.82, 2.24) is 4.98 Å². The van der Waals surface area contributed by atoms with Gasteiger partial charge in [0.15, 0.2) is 5.13 Å². The number of nitrogens with zero attached hydrogens (tertiary/aromatic N) is 1. The molecule has 0 unspecified atom stereocenters. The molecule has 2 rings (SSSR count). The lowest BCUT2D eigenvalue weighted by atomic mass is 10.2. The van der Waals surface area contributed by atoms with Crippen LogP contribution in [0.3, 0.4) is 0 Å². The van der Waals surface area contributed by atoms with Crippen molar-refractivity contribution in [2.75, 3.05) is 5.73 Å². The van der Waals surface area contributed by atoms with E-state index in [4.69, 9.17) is 28.9 Å². The second kappa shape index (κ2) is 3.77. The van der Waals surface area contributed by atoms with Crippen LogP contribution in [-0.4, -0.2) is 4.98 Å². The summed E-state index contributed by atoms with van der Waals surface area (Å²) in [4.78, 5) is 4.14. The van der Waals surface area contributed by atoms with Gasteiger partial charge in [-0.05, 0) is 18.2 Å². The van der Waals surface area contributed by atoms with E-state index in [0.717, 1.165) is 11.3 Å². The highest BCUT2D eigenvalue weighted by Crippen LogP contribution is 2.31. The number of nitrogens with two attached hydrogens (primary N) is 1. The molecule has 0 fully saturated rings. The fourth-order valence-corrected chi connectivity index (χ4v) is 2.05. The van der Waals surface area contributed by atoms with Crippen molar-refractivity contribution >= 4 is 39.7 Å². The Bertz CT molecular complexity index is 468. The van der Waals surface area contributed by atoms with Crippen molar-refractivity contribution in [2.45, 2.75) is 0 Å². The Morgan fingerprint density at radius 1 is 1.29 bits per heavy atom. The summed E-state index contributed by atoms with van der Waals surface area (Å²) in [5.74, 6) is 0. The van der Waals surface area contributed by atoms with Crippen molar-refractivity contribution in [3.8, 4) is 11.3 Å². The summed E-state index contributed by atoms with van der Waals surface area (Å²) in [5, 5.41) is 3.64. The first-order chi connectivity index (χ1) is 6.66. The second-order valence-electron chi connectivity index (χ2n) is 2.70. The standard InChI is InChI=1S/C9H6Cl2N2S/c10-5-1-2-7(11)6(3-5)8-4-14-9(12)13-8/h1-4H,(H2,12,13). The molecule has 0 aliphatic rings. The number of thiazole rings is 1. The third-order valence-electron chi connectivity index (χ3n) is 1.73. The van der Waals surface area contributed by atoms with Crippen molar-refractivity contribution in [3.63, 3.8) is 0 Å². The first-order valence-electron chi connectivity index (χ1n) is 3.83. The lowest BCUT2D eigenvalue weighted by Gasteiger charge is -2.00. The van der Waals surface area contributed by atoms with Crippen LogP contribution in [0.5, 0.6) is 0 Å². The largest absolute Gasteiger partial charge is 0.375 e. The number of halogens is 2. The monoisotopic (exact) mass is 244 g/mol. The Balaban J connectivity index is 2.55. The zero-order valence-corrected chi connectivity index (χ0v) is 9.33. The maximum absolute atomic E-state index is 6.01. The van der Waals surface area contributed by atoms with Gasteiger partial charge >= 0.3 is 0 Å². The Labute approximate surface area is 95.3 Å². The fraction of sp³-hybridized carbons (Fsp3) is 0. The molecule has 0 amide bonds. The van der Waals surface area contributed by atoms with Crippen LogP contribution in [0.25, 0.3) is 11.3 Å². The molecule has 2 aromatic rings. The molecule has 14 heavy (non-hydrogen) atoms. The molecule has 0 radical (unpaired) electrons. The number of hydrogen-bond donors (Lipinski definition) is 1. The maximum atomic E-state index is 6.01. The highest BCUT2D eigenvalue weighted by molar-refractivity contribution is 7.13. The minimum atomic E-state index is 0.524. The van der Waals surface area contributed by atoms with Gasteiger partial charge in [0, 0.05) is 16.0 Å². The van der Waals surface area contributed by atoms with Gasteiger partial charge in [-0.3, -0.25) is 0 Å². The van der Waals surface area contributed by atoms with Crippen LogP contribution < -0.4 is 5.73 Å². The number of hydrogen-bond acceptors (Lipinski definition) is 3. The number of aromatic nitrogens is 1. The molecule has 0 bridgehead atoms. The molecular formula is C9H6Cl2N2S. The smallest absolute Gasteiger partial charge is 0.180 e. The summed E-state index contributed by atoms with van der Waals surface area (Å²) in [6.45, 7) is 0. The van der Waals surface area contributed by atoms with Crippen LogP contribution in [0.4, 0.5) is 5.13 Å². The lowest BCUT2D eigenvalue weighted by Crippen LogP contribution is -1.83. The molecule has 2 nitrogen and oxygen atoms in total. The normalized spacial score (nSPS) is 10.4. The maximum Gasteiger partial charge on any atom is 0.180 e. The minimum absolute atomic E-state index is 0.524. The Kier molecular flexibility index (Phi) is 2.63.